The van der Waals surface area contributed by atoms with E-state index >= 15 is 0 Å². The Balaban J connectivity index is 1.46. The summed E-state index contributed by atoms with van der Waals surface area (Å²) >= 11 is 5.87. The fourth-order valence-corrected chi connectivity index (χ4v) is 3.67. The summed E-state index contributed by atoms with van der Waals surface area (Å²) in [4.78, 5) is 34.5. The molecule has 2 aromatic carbocycles. The van der Waals surface area contributed by atoms with Gasteiger partial charge in [0, 0.05) is 29.4 Å². The molecule has 1 amide bonds. The smallest absolute Gasteiger partial charge is 0.320 e. The standard InChI is InChI=1S/C24H23ClFN5O3/c1-24(2)13-34-22(33)12-31(24)9-3-4-21(32)29-15-6-8-20-17(10-15)23(28-14-27-20)30-16-5-7-19(26)18(25)11-16/h3-8,10-11,14H,9,12-13H2,1-2H3,(H,29,32)(H,27,28,30)/b4-3+. The molecule has 1 fully saturated rings. The summed E-state index contributed by atoms with van der Waals surface area (Å²) in [6.45, 7) is 4.89. The average molecular weight is 484 g/mol. The number of anilines is 3. The zero-order valence-corrected chi connectivity index (χ0v) is 19.4. The molecule has 0 bridgehead atoms. The van der Waals surface area contributed by atoms with Gasteiger partial charge < -0.3 is 15.4 Å². The third-order valence-corrected chi connectivity index (χ3v) is 5.73. The molecule has 3 aromatic rings. The molecule has 0 spiro atoms. The van der Waals surface area contributed by atoms with Gasteiger partial charge in [-0.1, -0.05) is 17.7 Å². The van der Waals surface area contributed by atoms with Crippen LogP contribution in [-0.2, 0) is 14.3 Å². The van der Waals surface area contributed by atoms with Crippen LogP contribution >= 0.6 is 11.6 Å². The number of esters is 1. The van der Waals surface area contributed by atoms with Crippen molar-refractivity contribution in [1.82, 2.24) is 14.9 Å². The highest BCUT2D eigenvalue weighted by molar-refractivity contribution is 6.31. The fraction of sp³-hybridized carbons (Fsp3) is 0.250. The quantitative estimate of drug-likeness (QED) is 0.398. The van der Waals surface area contributed by atoms with Crippen molar-refractivity contribution in [2.24, 2.45) is 0 Å². The van der Waals surface area contributed by atoms with Crippen LogP contribution in [0.3, 0.4) is 0 Å². The third kappa shape index (κ3) is 5.49. The first-order chi connectivity index (χ1) is 16.2. The molecule has 2 heterocycles. The number of fused-ring (bicyclic) bond motifs is 1. The Morgan fingerprint density at radius 1 is 1.24 bits per heavy atom. The molecule has 4 rings (SSSR count). The molecule has 0 unspecified atom stereocenters. The van der Waals surface area contributed by atoms with Crippen LogP contribution in [0.15, 0.2) is 54.9 Å². The van der Waals surface area contributed by atoms with E-state index in [1.54, 1.807) is 30.3 Å². The normalized spacial score (nSPS) is 15.9. The van der Waals surface area contributed by atoms with E-state index < -0.39 is 5.82 Å². The summed E-state index contributed by atoms with van der Waals surface area (Å²) < 4.78 is 18.6. The molecule has 0 atom stereocenters. The monoisotopic (exact) mass is 483 g/mol. The zero-order chi connectivity index (χ0) is 24.3. The average Bonchev–Trinajstić information content (AvgIpc) is 2.79. The van der Waals surface area contributed by atoms with Crippen LogP contribution in [0.5, 0.6) is 0 Å². The Labute approximate surface area is 200 Å². The number of amides is 1. The number of ether oxygens (including phenoxy) is 1. The summed E-state index contributed by atoms with van der Waals surface area (Å²) in [5.74, 6) is -0.614. The second-order valence-corrected chi connectivity index (χ2v) is 8.86. The highest BCUT2D eigenvalue weighted by atomic mass is 35.5. The molecular weight excluding hydrogens is 461 g/mol. The van der Waals surface area contributed by atoms with Crippen molar-refractivity contribution in [1.29, 1.82) is 0 Å². The van der Waals surface area contributed by atoms with E-state index in [4.69, 9.17) is 16.3 Å². The Morgan fingerprint density at radius 2 is 2.03 bits per heavy atom. The summed E-state index contributed by atoms with van der Waals surface area (Å²) in [5, 5.41) is 6.58. The van der Waals surface area contributed by atoms with E-state index in [2.05, 4.69) is 20.6 Å². The van der Waals surface area contributed by atoms with Gasteiger partial charge in [0.25, 0.3) is 0 Å². The lowest BCUT2D eigenvalue weighted by Gasteiger charge is -2.40. The van der Waals surface area contributed by atoms with E-state index in [1.165, 1.54) is 24.5 Å². The Morgan fingerprint density at radius 3 is 2.82 bits per heavy atom. The van der Waals surface area contributed by atoms with Crippen LogP contribution < -0.4 is 10.6 Å². The van der Waals surface area contributed by atoms with Crippen LogP contribution in [0, 0.1) is 5.82 Å². The van der Waals surface area contributed by atoms with Crippen molar-refractivity contribution in [3.63, 3.8) is 0 Å². The van der Waals surface area contributed by atoms with Crippen LogP contribution in [0.4, 0.5) is 21.6 Å². The van der Waals surface area contributed by atoms with Crippen LogP contribution in [0.25, 0.3) is 10.9 Å². The van der Waals surface area contributed by atoms with Gasteiger partial charge in [-0.3, -0.25) is 14.5 Å². The number of benzene rings is 2. The van der Waals surface area contributed by atoms with E-state index in [0.717, 1.165) is 0 Å². The summed E-state index contributed by atoms with van der Waals surface area (Å²) in [7, 11) is 0. The zero-order valence-electron chi connectivity index (χ0n) is 18.6. The van der Waals surface area contributed by atoms with Crippen molar-refractivity contribution in [2.75, 3.05) is 30.3 Å². The number of aromatic nitrogens is 2. The predicted octanol–water partition coefficient (Wildman–Crippen LogP) is 4.30. The highest BCUT2D eigenvalue weighted by Crippen LogP contribution is 2.27. The first kappa shape index (κ1) is 23.6. The topological polar surface area (TPSA) is 96.5 Å². The molecule has 1 saturated heterocycles. The van der Waals surface area contributed by atoms with E-state index in [1.807, 2.05) is 18.7 Å². The minimum absolute atomic E-state index is 0.00654. The van der Waals surface area contributed by atoms with Crippen LogP contribution in [0.1, 0.15) is 13.8 Å². The van der Waals surface area contributed by atoms with Gasteiger partial charge in [-0.15, -0.1) is 0 Å². The number of halogens is 2. The largest absolute Gasteiger partial charge is 0.463 e. The van der Waals surface area contributed by atoms with Gasteiger partial charge in [-0.2, -0.15) is 0 Å². The number of hydrogen-bond donors (Lipinski definition) is 2. The first-order valence-electron chi connectivity index (χ1n) is 10.6. The van der Waals surface area contributed by atoms with Crippen molar-refractivity contribution in [3.05, 3.63) is 65.7 Å². The minimum atomic E-state index is -0.512. The highest BCUT2D eigenvalue weighted by Gasteiger charge is 2.33. The third-order valence-electron chi connectivity index (χ3n) is 5.44. The van der Waals surface area contributed by atoms with Gasteiger partial charge in [0.2, 0.25) is 5.91 Å². The SMILES string of the molecule is CC1(C)COC(=O)CN1C/C=C/C(=O)Nc1ccc2ncnc(Nc3ccc(F)c(Cl)c3)c2c1. The fourth-order valence-electron chi connectivity index (χ4n) is 3.49. The maximum Gasteiger partial charge on any atom is 0.320 e. The van der Waals surface area contributed by atoms with E-state index in [-0.39, 0.29) is 29.0 Å². The lowest BCUT2D eigenvalue weighted by molar-refractivity contribution is -0.159. The van der Waals surface area contributed by atoms with Gasteiger partial charge >= 0.3 is 5.97 Å². The lowest BCUT2D eigenvalue weighted by atomic mass is 10.0. The van der Waals surface area contributed by atoms with Crippen molar-refractivity contribution in [3.8, 4) is 0 Å². The van der Waals surface area contributed by atoms with Gasteiger partial charge in [-0.05, 0) is 50.2 Å². The number of nitrogens with one attached hydrogen (secondary N) is 2. The molecule has 10 heteroatoms. The number of nitrogens with zero attached hydrogens (tertiary/aromatic N) is 3. The molecular formula is C24H23ClFN5O3. The van der Waals surface area contributed by atoms with Crippen LogP contribution in [-0.4, -0.2) is 52.0 Å². The molecule has 1 aliphatic rings. The van der Waals surface area contributed by atoms with Crippen molar-refractivity contribution >= 4 is 51.6 Å². The number of cyclic esters (lactones) is 1. The maximum absolute atomic E-state index is 13.5. The molecule has 176 valence electrons. The van der Waals surface area contributed by atoms with E-state index in [9.17, 15) is 14.0 Å². The van der Waals surface area contributed by atoms with Gasteiger partial charge in [0.15, 0.2) is 0 Å². The van der Waals surface area contributed by atoms with Crippen LogP contribution in [0.2, 0.25) is 5.02 Å². The van der Waals surface area contributed by atoms with Gasteiger partial charge in [-0.25, -0.2) is 14.4 Å². The maximum atomic E-state index is 13.5. The van der Waals surface area contributed by atoms with Crippen molar-refractivity contribution < 1.29 is 18.7 Å². The molecule has 0 saturated carbocycles. The van der Waals surface area contributed by atoms with Crippen molar-refractivity contribution in [2.45, 2.75) is 19.4 Å². The summed E-state index contributed by atoms with van der Waals surface area (Å²) in [5.41, 5.74) is 1.48. The Hall–Kier alpha value is -3.56. The number of carbonyl (C=O) groups excluding carboxylic acids is 2. The lowest BCUT2D eigenvalue weighted by Crippen LogP contribution is -2.54. The van der Waals surface area contributed by atoms with Gasteiger partial charge in [0.05, 0.1) is 22.6 Å². The number of carbonyl (C=O) groups is 2. The molecule has 0 aliphatic carbocycles. The first-order valence-corrected chi connectivity index (χ1v) is 10.9. The molecule has 2 N–H and O–H groups in total. The second-order valence-electron chi connectivity index (χ2n) is 8.45. The summed E-state index contributed by atoms with van der Waals surface area (Å²) in [6.07, 6.45) is 4.56. The second kappa shape index (κ2) is 9.74. The number of hydrogen-bond acceptors (Lipinski definition) is 7. The molecule has 1 aliphatic heterocycles. The molecule has 0 radical (unpaired) electrons. The molecule has 1 aromatic heterocycles. The molecule has 34 heavy (non-hydrogen) atoms. The number of rotatable bonds is 6. The Bertz CT molecular complexity index is 1280. The minimum Gasteiger partial charge on any atom is -0.463 e. The predicted molar refractivity (Wildman–Crippen MR) is 129 cm³/mol. The Kier molecular flexibility index (Phi) is 6.76. The van der Waals surface area contributed by atoms with Gasteiger partial charge in [0.1, 0.15) is 24.6 Å². The van der Waals surface area contributed by atoms with E-state index in [0.29, 0.717) is 41.2 Å². The number of morpholine rings is 1. The summed E-state index contributed by atoms with van der Waals surface area (Å²) in [6, 6.07) is 9.53. The molecule has 8 nitrogen and oxygen atoms in total.